The van der Waals surface area contributed by atoms with Gasteiger partial charge < -0.3 is 9.84 Å². The molecule has 0 bridgehead atoms. The molecule has 4 atom stereocenters. The number of ether oxygens (including phenoxy) is 1. The molecule has 0 amide bonds. The molecule has 0 aromatic carbocycles. The van der Waals surface area contributed by atoms with Gasteiger partial charge in [0.25, 0.3) is 0 Å². The van der Waals surface area contributed by atoms with Crippen molar-refractivity contribution < 1.29 is 9.84 Å². The van der Waals surface area contributed by atoms with Crippen LogP contribution in [-0.4, -0.2) is 22.9 Å². The number of hydrogen-bond donors (Lipinski definition) is 1. The average Bonchev–Trinajstić information content (AvgIpc) is 2.11. The molecule has 0 radical (unpaired) electrons. The van der Waals surface area contributed by atoms with Gasteiger partial charge >= 0.3 is 0 Å². The fourth-order valence-corrected chi connectivity index (χ4v) is 3.71. The first kappa shape index (κ1) is 11.4. The van der Waals surface area contributed by atoms with Gasteiger partial charge in [0.05, 0.1) is 17.8 Å². The second kappa shape index (κ2) is 3.46. The molecule has 2 nitrogen and oxygen atoms in total. The van der Waals surface area contributed by atoms with E-state index in [0.717, 1.165) is 19.3 Å². The molecule has 1 saturated heterocycles. The van der Waals surface area contributed by atoms with E-state index in [1.807, 2.05) is 0 Å². The van der Waals surface area contributed by atoms with Gasteiger partial charge in [0, 0.05) is 0 Å². The van der Waals surface area contributed by atoms with Crippen LogP contribution in [0.1, 0.15) is 53.4 Å². The van der Waals surface area contributed by atoms with Crippen molar-refractivity contribution >= 4 is 0 Å². The van der Waals surface area contributed by atoms with Gasteiger partial charge in [0.15, 0.2) is 0 Å². The number of rotatable bonds is 0. The van der Waals surface area contributed by atoms with Crippen molar-refractivity contribution in [1.29, 1.82) is 0 Å². The van der Waals surface area contributed by atoms with Crippen LogP contribution in [0.15, 0.2) is 0 Å². The lowest BCUT2D eigenvalue weighted by atomic mass is 9.58. The normalized spacial score (nSPS) is 49.8. The third kappa shape index (κ3) is 1.72. The predicted molar refractivity (Wildman–Crippen MR) is 60.7 cm³/mol. The van der Waals surface area contributed by atoms with Gasteiger partial charge in [0.2, 0.25) is 0 Å². The molecular formula is C13H24O2. The summed E-state index contributed by atoms with van der Waals surface area (Å²) in [6, 6.07) is 0. The van der Waals surface area contributed by atoms with E-state index in [9.17, 15) is 5.11 Å². The Morgan fingerprint density at radius 2 is 1.80 bits per heavy atom. The minimum absolute atomic E-state index is 0.279. The van der Waals surface area contributed by atoms with Gasteiger partial charge in [-0.3, -0.25) is 0 Å². The molecule has 1 aliphatic heterocycles. The number of aliphatic hydroxyl groups is 1. The van der Waals surface area contributed by atoms with E-state index in [4.69, 9.17) is 4.74 Å². The molecule has 0 unspecified atom stereocenters. The summed E-state index contributed by atoms with van der Waals surface area (Å²) in [5, 5.41) is 10.2. The fraction of sp³-hybridized carbons (Fsp3) is 1.00. The van der Waals surface area contributed by atoms with Crippen molar-refractivity contribution in [3.05, 3.63) is 0 Å². The number of aliphatic hydroxyl groups excluding tert-OH is 1. The summed E-state index contributed by atoms with van der Waals surface area (Å²) in [6.07, 6.45) is 4.35. The maximum atomic E-state index is 10.2. The third-order valence-corrected chi connectivity index (χ3v) is 4.68. The molecule has 1 saturated carbocycles. The van der Waals surface area contributed by atoms with E-state index in [1.54, 1.807) is 0 Å². The van der Waals surface area contributed by atoms with Gasteiger partial charge in [0.1, 0.15) is 0 Å². The third-order valence-electron chi connectivity index (χ3n) is 4.68. The van der Waals surface area contributed by atoms with Crippen LogP contribution in [-0.2, 0) is 4.74 Å². The second-order valence-electron chi connectivity index (χ2n) is 6.29. The zero-order chi connectivity index (χ0) is 11.3. The summed E-state index contributed by atoms with van der Waals surface area (Å²) in [4.78, 5) is 0. The highest BCUT2D eigenvalue weighted by Gasteiger charge is 2.54. The Morgan fingerprint density at radius 1 is 1.13 bits per heavy atom. The number of fused-ring (bicyclic) bond motifs is 1. The van der Waals surface area contributed by atoms with E-state index in [2.05, 4.69) is 27.7 Å². The lowest BCUT2D eigenvalue weighted by Crippen LogP contribution is -2.60. The summed E-state index contributed by atoms with van der Waals surface area (Å²) >= 11 is 0. The molecule has 2 heteroatoms. The van der Waals surface area contributed by atoms with Crippen LogP contribution in [0.5, 0.6) is 0 Å². The minimum Gasteiger partial charge on any atom is -0.390 e. The first-order valence-electron chi connectivity index (χ1n) is 6.22. The molecule has 2 aliphatic rings. The summed E-state index contributed by atoms with van der Waals surface area (Å²) in [5.74, 6) is 0.505. The van der Waals surface area contributed by atoms with E-state index in [-0.39, 0.29) is 11.7 Å². The summed E-state index contributed by atoms with van der Waals surface area (Å²) in [6.45, 7) is 8.87. The van der Waals surface area contributed by atoms with Crippen molar-refractivity contribution in [3.8, 4) is 0 Å². The predicted octanol–water partition coefficient (Wildman–Crippen LogP) is 2.74. The first-order chi connectivity index (χ1) is 6.86. The highest BCUT2D eigenvalue weighted by Crippen LogP contribution is 2.52. The van der Waals surface area contributed by atoms with E-state index >= 15 is 0 Å². The Labute approximate surface area is 93.0 Å². The van der Waals surface area contributed by atoms with Crippen LogP contribution < -0.4 is 0 Å². The fourth-order valence-electron chi connectivity index (χ4n) is 3.71. The summed E-state index contributed by atoms with van der Waals surface area (Å²) < 4.78 is 6.08. The molecule has 15 heavy (non-hydrogen) atoms. The zero-order valence-corrected chi connectivity index (χ0v) is 10.4. The van der Waals surface area contributed by atoms with Gasteiger partial charge in [-0.05, 0) is 50.9 Å². The molecule has 1 N–H and O–H groups in total. The van der Waals surface area contributed by atoms with Crippen LogP contribution in [0, 0.1) is 11.3 Å². The van der Waals surface area contributed by atoms with Crippen LogP contribution >= 0.6 is 0 Å². The maximum absolute atomic E-state index is 10.2. The quantitative estimate of drug-likeness (QED) is 0.669. The Hall–Kier alpha value is -0.0800. The van der Waals surface area contributed by atoms with Crippen molar-refractivity contribution in [2.45, 2.75) is 71.2 Å². The summed E-state index contributed by atoms with van der Waals surface area (Å²) in [5.41, 5.74) is 0.00748. The Balaban J connectivity index is 2.28. The lowest BCUT2D eigenvalue weighted by molar-refractivity contribution is -0.240. The SMILES string of the molecule is C[C@H]1CC[C@@H]2C(C)(C)CC[C@@H](O)[C@]2(C)O1. The zero-order valence-electron chi connectivity index (χ0n) is 10.4. The largest absolute Gasteiger partial charge is 0.390 e. The summed E-state index contributed by atoms with van der Waals surface area (Å²) in [7, 11) is 0. The standard InChI is InChI=1S/C13H24O2/c1-9-5-6-10-12(2,3)8-7-11(14)13(10,4)15-9/h9-11,14H,5-8H2,1-4H3/t9-,10+,11+,13+/m0/s1. The van der Waals surface area contributed by atoms with Gasteiger partial charge in [-0.15, -0.1) is 0 Å². The van der Waals surface area contributed by atoms with Gasteiger partial charge in [-0.25, -0.2) is 0 Å². The lowest BCUT2D eigenvalue weighted by Gasteiger charge is -2.56. The van der Waals surface area contributed by atoms with E-state index < -0.39 is 0 Å². The van der Waals surface area contributed by atoms with Crippen LogP contribution in [0.2, 0.25) is 0 Å². The number of hydrogen-bond acceptors (Lipinski definition) is 2. The molecule has 0 aromatic heterocycles. The minimum atomic E-state index is -0.306. The van der Waals surface area contributed by atoms with Gasteiger partial charge in [-0.2, -0.15) is 0 Å². The Kier molecular flexibility index (Phi) is 2.63. The van der Waals surface area contributed by atoms with Crippen LogP contribution in [0.3, 0.4) is 0 Å². The van der Waals surface area contributed by atoms with Crippen molar-refractivity contribution in [1.82, 2.24) is 0 Å². The molecule has 1 heterocycles. The highest BCUT2D eigenvalue weighted by molar-refractivity contribution is 5.04. The van der Waals surface area contributed by atoms with Crippen molar-refractivity contribution in [3.63, 3.8) is 0 Å². The average molecular weight is 212 g/mol. The first-order valence-corrected chi connectivity index (χ1v) is 6.22. The van der Waals surface area contributed by atoms with Crippen molar-refractivity contribution in [2.75, 3.05) is 0 Å². The molecule has 2 rings (SSSR count). The van der Waals surface area contributed by atoms with Crippen molar-refractivity contribution in [2.24, 2.45) is 11.3 Å². The molecular weight excluding hydrogens is 188 g/mol. The molecule has 0 aromatic rings. The van der Waals surface area contributed by atoms with Gasteiger partial charge in [-0.1, -0.05) is 13.8 Å². The highest BCUT2D eigenvalue weighted by atomic mass is 16.5. The Morgan fingerprint density at radius 3 is 2.47 bits per heavy atom. The van der Waals surface area contributed by atoms with E-state index in [0.29, 0.717) is 17.4 Å². The smallest absolute Gasteiger partial charge is 0.0948 e. The van der Waals surface area contributed by atoms with Crippen LogP contribution in [0.4, 0.5) is 0 Å². The second-order valence-corrected chi connectivity index (χ2v) is 6.29. The van der Waals surface area contributed by atoms with Crippen LogP contribution in [0.25, 0.3) is 0 Å². The molecule has 1 aliphatic carbocycles. The monoisotopic (exact) mass is 212 g/mol. The van der Waals surface area contributed by atoms with E-state index in [1.165, 1.54) is 6.42 Å². The molecule has 88 valence electrons. The topological polar surface area (TPSA) is 29.5 Å². The molecule has 0 spiro atoms. The molecule has 2 fully saturated rings. The Bertz CT molecular complexity index is 249. The maximum Gasteiger partial charge on any atom is 0.0948 e.